The highest BCUT2D eigenvalue weighted by molar-refractivity contribution is 5.76. The van der Waals surface area contributed by atoms with E-state index in [1.54, 1.807) is 4.68 Å². The van der Waals surface area contributed by atoms with Gasteiger partial charge in [-0.25, -0.2) is 0 Å². The molecule has 1 fully saturated rings. The lowest BCUT2D eigenvalue weighted by Gasteiger charge is -2.23. The highest BCUT2D eigenvalue weighted by Crippen LogP contribution is 2.06. The average molecular weight is 237 g/mol. The first-order chi connectivity index (χ1) is 8.15. The summed E-state index contributed by atoms with van der Waals surface area (Å²) in [6.07, 6.45) is 1.81. The summed E-state index contributed by atoms with van der Waals surface area (Å²) >= 11 is 0. The largest absolute Gasteiger partial charge is 0.381 e. The van der Waals surface area contributed by atoms with Gasteiger partial charge in [0.2, 0.25) is 5.91 Å². The van der Waals surface area contributed by atoms with Gasteiger partial charge >= 0.3 is 0 Å². The van der Waals surface area contributed by atoms with E-state index >= 15 is 0 Å². The summed E-state index contributed by atoms with van der Waals surface area (Å²) < 4.78 is 6.99. The number of nitrogens with one attached hydrogen (secondary N) is 1. The van der Waals surface area contributed by atoms with Crippen LogP contribution in [0.5, 0.6) is 0 Å². The highest BCUT2D eigenvalue weighted by atomic mass is 16.5. The molecule has 5 heteroatoms. The summed E-state index contributed by atoms with van der Waals surface area (Å²) in [7, 11) is 0. The van der Waals surface area contributed by atoms with Gasteiger partial charge in [0.1, 0.15) is 6.54 Å². The molecule has 0 bridgehead atoms. The van der Waals surface area contributed by atoms with Crippen LogP contribution >= 0.6 is 0 Å². The Hall–Kier alpha value is -1.36. The Labute approximate surface area is 101 Å². The van der Waals surface area contributed by atoms with Crippen LogP contribution in [0.1, 0.15) is 24.2 Å². The van der Waals surface area contributed by atoms with Gasteiger partial charge < -0.3 is 10.1 Å². The molecule has 1 aliphatic heterocycles. The third-order valence-electron chi connectivity index (χ3n) is 2.98. The van der Waals surface area contributed by atoms with Crippen molar-refractivity contribution >= 4 is 5.91 Å². The Morgan fingerprint density at radius 2 is 2.24 bits per heavy atom. The molecular formula is C12H19N3O2. The maximum atomic E-state index is 11.8. The van der Waals surface area contributed by atoms with E-state index < -0.39 is 0 Å². The van der Waals surface area contributed by atoms with E-state index in [1.165, 1.54) is 0 Å². The Kier molecular flexibility index (Phi) is 3.78. The molecule has 5 nitrogen and oxygen atoms in total. The molecule has 1 amide bonds. The summed E-state index contributed by atoms with van der Waals surface area (Å²) in [5.41, 5.74) is 1.96. The summed E-state index contributed by atoms with van der Waals surface area (Å²) in [4.78, 5) is 11.8. The van der Waals surface area contributed by atoms with E-state index in [4.69, 9.17) is 4.74 Å². The van der Waals surface area contributed by atoms with Crippen LogP contribution in [0, 0.1) is 13.8 Å². The van der Waals surface area contributed by atoms with Gasteiger partial charge in [0.05, 0.1) is 5.69 Å². The van der Waals surface area contributed by atoms with Crippen LogP contribution in [0.3, 0.4) is 0 Å². The maximum Gasteiger partial charge on any atom is 0.241 e. The minimum Gasteiger partial charge on any atom is -0.381 e. The van der Waals surface area contributed by atoms with Crippen LogP contribution in [0.4, 0.5) is 0 Å². The van der Waals surface area contributed by atoms with E-state index in [0.717, 1.165) is 37.4 Å². The zero-order valence-electron chi connectivity index (χ0n) is 10.4. The SMILES string of the molecule is Cc1cc(C)n(CC(=O)NC2CCOCC2)n1. The molecule has 0 aliphatic carbocycles. The van der Waals surface area contributed by atoms with Crippen LogP contribution < -0.4 is 5.32 Å². The number of carbonyl (C=O) groups is 1. The molecule has 17 heavy (non-hydrogen) atoms. The molecule has 0 unspecified atom stereocenters. The predicted octanol–water partition coefficient (Wildman–Crippen LogP) is 0.795. The monoisotopic (exact) mass is 237 g/mol. The van der Waals surface area contributed by atoms with Crippen molar-refractivity contribution in [1.29, 1.82) is 0 Å². The second-order valence-electron chi connectivity index (χ2n) is 4.54. The number of nitrogens with zero attached hydrogens (tertiary/aromatic N) is 2. The first kappa shape index (κ1) is 12.1. The minimum atomic E-state index is 0.0306. The zero-order chi connectivity index (χ0) is 12.3. The average Bonchev–Trinajstić information content (AvgIpc) is 2.58. The molecule has 0 saturated carbocycles. The van der Waals surface area contributed by atoms with Crippen molar-refractivity contribution in [2.45, 2.75) is 39.3 Å². The molecule has 94 valence electrons. The van der Waals surface area contributed by atoms with Gasteiger partial charge in [0.15, 0.2) is 0 Å². The number of ether oxygens (including phenoxy) is 1. The van der Waals surface area contributed by atoms with Crippen molar-refractivity contribution in [3.63, 3.8) is 0 Å². The smallest absolute Gasteiger partial charge is 0.241 e. The van der Waals surface area contributed by atoms with Gasteiger partial charge in [-0.1, -0.05) is 0 Å². The van der Waals surface area contributed by atoms with E-state index in [-0.39, 0.29) is 11.9 Å². The molecule has 0 atom stereocenters. The predicted molar refractivity (Wildman–Crippen MR) is 63.7 cm³/mol. The number of hydrogen-bond acceptors (Lipinski definition) is 3. The Bertz CT molecular complexity index is 394. The first-order valence-electron chi connectivity index (χ1n) is 6.03. The standard InChI is InChI=1S/C12H19N3O2/c1-9-7-10(2)15(14-9)8-12(16)13-11-3-5-17-6-4-11/h7,11H,3-6,8H2,1-2H3,(H,13,16). The third kappa shape index (κ3) is 3.30. The number of aryl methyl sites for hydroxylation is 2. The fourth-order valence-electron chi connectivity index (χ4n) is 2.09. The highest BCUT2D eigenvalue weighted by Gasteiger charge is 2.16. The summed E-state index contributed by atoms with van der Waals surface area (Å²) in [6.45, 7) is 5.67. The van der Waals surface area contributed by atoms with Gasteiger partial charge in [-0.3, -0.25) is 9.48 Å². The zero-order valence-corrected chi connectivity index (χ0v) is 10.4. The maximum absolute atomic E-state index is 11.8. The molecule has 1 aromatic rings. The number of rotatable bonds is 3. The third-order valence-corrected chi connectivity index (χ3v) is 2.98. The molecule has 0 aromatic carbocycles. The Balaban J connectivity index is 1.86. The summed E-state index contributed by atoms with van der Waals surface area (Å²) in [5.74, 6) is 0.0306. The van der Waals surface area contributed by atoms with Crippen LogP contribution in [-0.2, 0) is 16.1 Å². The molecule has 1 N–H and O–H groups in total. The van der Waals surface area contributed by atoms with Crippen molar-refractivity contribution in [2.24, 2.45) is 0 Å². The lowest BCUT2D eigenvalue weighted by atomic mass is 10.1. The molecule has 2 heterocycles. The van der Waals surface area contributed by atoms with Gasteiger partial charge in [0.25, 0.3) is 0 Å². The fourth-order valence-corrected chi connectivity index (χ4v) is 2.09. The topological polar surface area (TPSA) is 56.2 Å². The van der Waals surface area contributed by atoms with Gasteiger partial charge in [0, 0.05) is 24.9 Å². The summed E-state index contributed by atoms with van der Waals surface area (Å²) in [5, 5.41) is 7.30. The lowest BCUT2D eigenvalue weighted by molar-refractivity contribution is -0.123. The van der Waals surface area contributed by atoms with Crippen molar-refractivity contribution < 1.29 is 9.53 Å². The van der Waals surface area contributed by atoms with Crippen LogP contribution in [0.25, 0.3) is 0 Å². The molecule has 0 radical (unpaired) electrons. The van der Waals surface area contributed by atoms with Crippen molar-refractivity contribution in [3.05, 3.63) is 17.5 Å². The van der Waals surface area contributed by atoms with Crippen LogP contribution in [0.15, 0.2) is 6.07 Å². The van der Waals surface area contributed by atoms with Crippen molar-refractivity contribution in [3.8, 4) is 0 Å². The number of aromatic nitrogens is 2. The van der Waals surface area contributed by atoms with E-state index in [1.807, 2.05) is 19.9 Å². The molecule has 1 saturated heterocycles. The minimum absolute atomic E-state index is 0.0306. The second kappa shape index (κ2) is 5.31. The molecular weight excluding hydrogens is 218 g/mol. The van der Waals surface area contributed by atoms with Crippen molar-refractivity contribution in [1.82, 2.24) is 15.1 Å². The molecule has 0 spiro atoms. The number of carbonyl (C=O) groups excluding carboxylic acids is 1. The first-order valence-corrected chi connectivity index (χ1v) is 6.03. The number of amides is 1. The Morgan fingerprint density at radius 1 is 1.53 bits per heavy atom. The number of hydrogen-bond donors (Lipinski definition) is 1. The van der Waals surface area contributed by atoms with Crippen LogP contribution in [-0.4, -0.2) is 34.9 Å². The fraction of sp³-hybridized carbons (Fsp3) is 0.667. The van der Waals surface area contributed by atoms with Crippen LogP contribution in [0.2, 0.25) is 0 Å². The van der Waals surface area contributed by atoms with E-state index in [9.17, 15) is 4.79 Å². The van der Waals surface area contributed by atoms with E-state index in [2.05, 4.69) is 10.4 Å². The normalized spacial score (nSPS) is 17.1. The second-order valence-corrected chi connectivity index (χ2v) is 4.54. The summed E-state index contributed by atoms with van der Waals surface area (Å²) in [6, 6.07) is 2.23. The Morgan fingerprint density at radius 3 is 2.82 bits per heavy atom. The quantitative estimate of drug-likeness (QED) is 0.845. The lowest BCUT2D eigenvalue weighted by Crippen LogP contribution is -2.40. The van der Waals surface area contributed by atoms with Gasteiger partial charge in [-0.05, 0) is 32.8 Å². The molecule has 2 rings (SSSR count). The molecule has 1 aliphatic rings. The van der Waals surface area contributed by atoms with E-state index in [0.29, 0.717) is 6.54 Å². The van der Waals surface area contributed by atoms with Gasteiger partial charge in [-0.15, -0.1) is 0 Å². The van der Waals surface area contributed by atoms with Crippen molar-refractivity contribution in [2.75, 3.05) is 13.2 Å². The molecule has 1 aromatic heterocycles. The van der Waals surface area contributed by atoms with Gasteiger partial charge in [-0.2, -0.15) is 5.10 Å².